The van der Waals surface area contributed by atoms with Gasteiger partial charge in [0.2, 0.25) is 0 Å². The van der Waals surface area contributed by atoms with Crippen molar-refractivity contribution < 1.29 is 0 Å². The average molecular weight is 237 g/mol. The molecule has 0 aliphatic heterocycles. The molecule has 0 saturated heterocycles. The van der Waals surface area contributed by atoms with Crippen LogP contribution in [-0.2, 0) is 6.42 Å². The van der Waals surface area contributed by atoms with Crippen molar-refractivity contribution in [3.8, 4) is 0 Å². The molecule has 16 heavy (non-hydrogen) atoms. The zero-order chi connectivity index (χ0) is 11.8. The van der Waals surface area contributed by atoms with Crippen LogP contribution in [0.4, 0.5) is 0 Å². The summed E-state index contributed by atoms with van der Waals surface area (Å²) in [7, 11) is 0. The molecule has 0 amide bonds. The van der Waals surface area contributed by atoms with Gasteiger partial charge in [-0.05, 0) is 44.4 Å². The third kappa shape index (κ3) is 4.11. The van der Waals surface area contributed by atoms with Gasteiger partial charge in [0.25, 0.3) is 0 Å². The minimum atomic E-state index is 0.517. The topological polar surface area (TPSA) is 12.0 Å². The molecule has 0 radical (unpaired) electrons. The maximum atomic E-state index is 3.80. The Morgan fingerprint density at radius 2 is 2.25 bits per heavy atom. The molecule has 0 bridgehead atoms. The second kappa shape index (κ2) is 7.64. The van der Waals surface area contributed by atoms with Crippen LogP contribution in [-0.4, -0.2) is 6.54 Å². The standard InChI is InChI=1S/C14H23NS/c1-4-7-8-13(15-11-5-2)14-10-9-12(6-3)16-14/h4,9-10,13,15H,1,5-8,11H2,2-3H3. The molecular formula is C14H23NS. The highest BCUT2D eigenvalue weighted by atomic mass is 32.1. The Balaban J connectivity index is 2.61. The summed E-state index contributed by atoms with van der Waals surface area (Å²) in [6, 6.07) is 5.05. The van der Waals surface area contributed by atoms with Crippen molar-refractivity contribution in [1.82, 2.24) is 5.32 Å². The van der Waals surface area contributed by atoms with Crippen LogP contribution in [0.15, 0.2) is 24.8 Å². The zero-order valence-electron chi connectivity index (χ0n) is 10.5. The first-order chi connectivity index (χ1) is 7.81. The first-order valence-electron chi connectivity index (χ1n) is 6.24. The fourth-order valence-corrected chi connectivity index (χ4v) is 2.78. The Kier molecular flexibility index (Phi) is 6.43. The summed E-state index contributed by atoms with van der Waals surface area (Å²) in [5, 5.41) is 3.62. The van der Waals surface area contributed by atoms with Gasteiger partial charge in [0.15, 0.2) is 0 Å². The second-order valence-corrected chi connectivity index (χ2v) is 5.23. The first-order valence-corrected chi connectivity index (χ1v) is 7.06. The summed E-state index contributed by atoms with van der Waals surface area (Å²) in [4.78, 5) is 2.96. The lowest BCUT2D eigenvalue weighted by Crippen LogP contribution is -2.21. The van der Waals surface area contributed by atoms with E-state index in [9.17, 15) is 0 Å². The Bertz CT molecular complexity index is 303. The van der Waals surface area contributed by atoms with Gasteiger partial charge in [-0.3, -0.25) is 0 Å². The molecule has 1 aromatic heterocycles. The lowest BCUT2D eigenvalue weighted by Gasteiger charge is -2.16. The lowest BCUT2D eigenvalue weighted by atomic mass is 10.1. The van der Waals surface area contributed by atoms with Gasteiger partial charge < -0.3 is 5.32 Å². The summed E-state index contributed by atoms with van der Waals surface area (Å²) in [6.45, 7) is 9.33. The summed E-state index contributed by atoms with van der Waals surface area (Å²) in [6.07, 6.45) is 6.59. The molecule has 1 unspecified atom stereocenters. The minimum Gasteiger partial charge on any atom is -0.309 e. The van der Waals surface area contributed by atoms with E-state index in [0.717, 1.165) is 25.8 Å². The van der Waals surface area contributed by atoms with Crippen molar-refractivity contribution in [1.29, 1.82) is 0 Å². The molecule has 0 aromatic carbocycles. The number of allylic oxidation sites excluding steroid dienone is 1. The van der Waals surface area contributed by atoms with E-state index in [2.05, 4.69) is 37.9 Å². The van der Waals surface area contributed by atoms with E-state index >= 15 is 0 Å². The maximum absolute atomic E-state index is 3.80. The summed E-state index contributed by atoms with van der Waals surface area (Å²) in [5.41, 5.74) is 0. The van der Waals surface area contributed by atoms with Crippen LogP contribution in [0.3, 0.4) is 0 Å². The number of hydrogen-bond donors (Lipinski definition) is 1. The van der Waals surface area contributed by atoms with Crippen LogP contribution in [0, 0.1) is 0 Å². The summed E-state index contributed by atoms with van der Waals surface area (Å²) >= 11 is 1.95. The van der Waals surface area contributed by atoms with Gasteiger partial charge in [-0.1, -0.05) is 19.9 Å². The van der Waals surface area contributed by atoms with Crippen molar-refractivity contribution in [3.05, 3.63) is 34.5 Å². The number of aryl methyl sites for hydroxylation is 1. The fraction of sp³-hybridized carbons (Fsp3) is 0.571. The molecule has 1 N–H and O–H groups in total. The molecule has 0 spiro atoms. The first kappa shape index (κ1) is 13.5. The van der Waals surface area contributed by atoms with Crippen LogP contribution in [0.1, 0.15) is 48.9 Å². The van der Waals surface area contributed by atoms with Crippen LogP contribution in [0.2, 0.25) is 0 Å². The van der Waals surface area contributed by atoms with E-state index < -0.39 is 0 Å². The molecule has 0 aliphatic carbocycles. The molecule has 2 heteroatoms. The van der Waals surface area contributed by atoms with Gasteiger partial charge >= 0.3 is 0 Å². The summed E-state index contributed by atoms with van der Waals surface area (Å²) < 4.78 is 0. The molecule has 1 nitrogen and oxygen atoms in total. The number of nitrogens with one attached hydrogen (secondary N) is 1. The van der Waals surface area contributed by atoms with Crippen LogP contribution in [0.5, 0.6) is 0 Å². The van der Waals surface area contributed by atoms with Crippen molar-refractivity contribution in [2.45, 2.75) is 45.6 Å². The Morgan fingerprint density at radius 1 is 1.44 bits per heavy atom. The van der Waals surface area contributed by atoms with Gasteiger partial charge in [0.05, 0.1) is 0 Å². The monoisotopic (exact) mass is 237 g/mol. The fourth-order valence-electron chi connectivity index (χ4n) is 1.72. The van der Waals surface area contributed by atoms with E-state index in [-0.39, 0.29) is 0 Å². The third-order valence-electron chi connectivity index (χ3n) is 2.67. The van der Waals surface area contributed by atoms with Gasteiger partial charge in [0, 0.05) is 15.8 Å². The Hall–Kier alpha value is -0.600. The van der Waals surface area contributed by atoms with Gasteiger partial charge in [-0.2, -0.15) is 0 Å². The van der Waals surface area contributed by atoms with Gasteiger partial charge in [-0.15, -0.1) is 17.9 Å². The van der Waals surface area contributed by atoms with Gasteiger partial charge in [-0.25, -0.2) is 0 Å². The molecule has 1 rings (SSSR count). The molecule has 1 atom stereocenters. The van der Waals surface area contributed by atoms with E-state index in [0.29, 0.717) is 6.04 Å². The van der Waals surface area contributed by atoms with E-state index in [1.54, 1.807) is 0 Å². The summed E-state index contributed by atoms with van der Waals surface area (Å²) in [5.74, 6) is 0. The average Bonchev–Trinajstić information content (AvgIpc) is 2.78. The third-order valence-corrected chi connectivity index (χ3v) is 4.02. The molecule has 1 heterocycles. The predicted molar refractivity (Wildman–Crippen MR) is 74.2 cm³/mol. The molecule has 0 saturated carbocycles. The highest BCUT2D eigenvalue weighted by Gasteiger charge is 2.11. The van der Waals surface area contributed by atoms with E-state index in [1.165, 1.54) is 16.2 Å². The number of hydrogen-bond acceptors (Lipinski definition) is 2. The van der Waals surface area contributed by atoms with E-state index in [1.807, 2.05) is 17.4 Å². The Labute approximate surface area is 104 Å². The Morgan fingerprint density at radius 3 is 2.81 bits per heavy atom. The quantitative estimate of drug-likeness (QED) is 0.664. The smallest absolute Gasteiger partial charge is 0.0417 e. The molecule has 90 valence electrons. The highest BCUT2D eigenvalue weighted by molar-refractivity contribution is 7.12. The van der Waals surface area contributed by atoms with Crippen LogP contribution in [0.25, 0.3) is 0 Å². The minimum absolute atomic E-state index is 0.517. The lowest BCUT2D eigenvalue weighted by molar-refractivity contribution is 0.510. The second-order valence-electron chi connectivity index (χ2n) is 4.03. The molecular weight excluding hydrogens is 214 g/mol. The van der Waals surface area contributed by atoms with Crippen molar-refractivity contribution >= 4 is 11.3 Å². The van der Waals surface area contributed by atoms with Crippen molar-refractivity contribution in [2.24, 2.45) is 0 Å². The van der Waals surface area contributed by atoms with Crippen LogP contribution >= 0.6 is 11.3 Å². The van der Waals surface area contributed by atoms with Crippen molar-refractivity contribution in [2.75, 3.05) is 6.54 Å². The highest BCUT2D eigenvalue weighted by Crippen LogP contribution is 2.27. The predicted octanol–water partition coefficient (Wildman–Crippen LogP) is 4.32. The largest absolute Gasteiger partial charge is 0.309 e. The number of rotatable bonds is 8. The number of thiophene rings is 1. The normalized spacial score (nSPS) is 12.6. The van der Waals surface area contributed by atoms with Crippen LogP contribution < -0.4 is 5.32 Å². The molecule has 0 fully saturated rings. The van der Waals surface area contributed by atoms with Crippen molar-refractivity contribution in [3.63, 3.8) is 0 Å². The molecule has 1 aromatic rings. The van der Waals surface area contributed by atoms with Gasteiger partial charge in [0.1, 0.15) is 0 Å². The van der Waals surface area contributed by atoms with E-state index in [4.69, 9.17) is 0 Å². The molecule has 0 aliphatic rings. The maximum Gasteiger partial charge on any atom is 0.0417 e. The SMILES string of the molecule is C=CCCC(NCCC)c1ccc(CC)s1. The zero-order valence-corrected chi connectivity index (χ0v) is 11.3.